The van der Waals surface area contributed by atoms with Gasteiger partial charge in [0, 0.05) is 0 Å². The maximum absolute atomic E-state index is 4.76. The van der Waals surface area contributed by atoms with Gasteiger partial charge in [0.15, 0.2) is 0 Å². The highest BCUT2D eigenvalue weighted by Gasteiger charge is 1.18. The lowest BCUT2D eigenvalue weighted by Crippen LogP contribution is -0.926. The Bertz CT molecular complexity index is 13.5. The fourth-order valence-corrected chi connectivity index (χ4v) is 0. The average Bonchev–Trinajstić information content (AvgIpc) is 0.918. The zero-order chi connectivity index (χ0) is 2.71. The van der Waals surface area contributed by atoms with E-state index in [-0.39, 0.29) is 23.1 Å². The first-order valence-corrected chi connectivity index (χ1v) is 1.06. The molecule has 0 saturated heterocycles. The second-order valence-corrected chi connectivity index (χ2v) is 0.463. The van der Waals surface area contributed by atoms with E-state index in [1.807, 2.05) is 0 Å². The van der Waals surface area contributed by atoms with Gasteiger partial charge < -0.3 is 0 Å². The third kappa shape index (κ3) is 14.2. The van der Waals surface area contributed by atoms with Crippen molar-refractivity contribution in [3.63, 3.8) is 0 Å². The Kier molecular flexibility index (Phi) is 20.3. The van der Waals surface area contributed by atoms with Gasteiger partial charge in [0.05, 0.1) is 0 Å². The van der Waals surface area contributed by atoms with Gasteiger partial charge in [0.1, 0.15) is 0 Å². The van der Waals surface area contributed by atoms with Crippen LogP contribution < -0.4 is 0 Å². The Morgan fingerprint density at radius 1 is 1.75 bits per heavy atom. The zero-order valence-electron chi connectivity index (χ0n) is 1.66. The highest BCUT2D eigenvalue weighted by atomic mass is 35.5. The van der Waals surface area contributed by atoms with Gasteiger partial charge >= 0.3 is 23.1 Å². The summed E-state index contributed by atoms with van der Waals surface area (Å²) in [5, 5.41) is 0. The summed E-state index contributed by atoms with van der Waals surface area (Å²) in [5.41, 5.74) is 1.22. The molecule has 0 rings (SSSR count). The van der Waals surface area contributed by atoms with E-state index < -0.39 is 0 Å². The number of rotatable bonds is 0. The van der Waals surface area contributed by atoms with Crippen molar-refractivity contribution in [2.45, 2.75) is 0 Å². The summed E-state index contributed by atoms with van der Waals surface area (Å²) in [4.78, 5) is 0. The molecular weight excluding hydrogens is 83.8 g/mol. The first-order chi connectivity index (χ1) is 1.41. The maximum Gasteiger partial charge on any atom is 0.316 e. The summed E-state index contributed by atoms with van der Waals surface area (Å²) in [7, 11) is 0. The van der Waals surface area contributed by atoms with Crippen molar-refractivity contribution in [2.24, 2.45) is 0 Å². The predicted octanol–water partition coefficient (Wildman–Crippen LogP) is 0.452. The summed E-state index contributed by atoms with van der Waals surface area (Å²) in [6.07, 6.45) is 0. The van der Waals surface area contributed by atoms with Crippen LogP contribution in [0.2, 0.25) is 0 Å². The molecule has 0 fully saturated rings. The summed E-state index contributed by atoms with van der Waals surface area (Å²) < 4.78 is 0. The van der Waals surface area contributed by atoms with Gasteiger partial charge in [-0.25, -0.2) is 0 Å². The normalized spacial score (nSPS) is 3.25. The fraction of sp³-hybridized carbons (Fsp3) is 0. The summed E-state index contributed by atoms with van der Waals surface area (Å²) in [6, 6.07) is 0. The monoisotopic (exact) mass is 88.0 g/mol. The minimum atomic E-state index is 0. The van der Waals surface area contributed by atoms with E-state index >= 15 is 0 Å². The van der Waals surface area contributed by atoms with Crippen LogP contribution in [0.15, 0.2) is 12.1 Å². The second-order valence-electron chi connectivity index (χ2n) is 0.154. The standard InChI is InChI=1S/C2H3Cl.Mg.2H/c1-2-3;;;/h2H,1H2;;;. The lowest BCUT2D eigenvalue weighted by molar-refractivity contribution is 2.63. The Morgan fingerprint density at radius 2 is 1.75 bits per heavy atom. The lowest BCUT2D eigenvalue weighted by Gasteiger charge is -1.27. The minimum absolute atomic E-state index is 0. The number of halogens is 1. The molecule has 0 unspecified atom stereocenters. The topological polar surface area (TPSA) is 0 Å². The second kappa shape index (κ2) is 9.20. The van der Waals surface area contributed by atoms with Crippen LogP contribution in [0.25, 0.3) is 0 Å². The van der Waals surface area contributed by atoms with Crippen molar-refractivity contribution in [1.29, 1.82) is 0 Å². The van der Waals surface area contributed by atoms with Crippen LogP contribution in [0, 0.1) is 0 Å². The van der Waals surface area contributed by atoms with Crippen LogP contribution in [-0.2, 0) is 0 Å². The quantitative estimate of drug-likeness (QED) is 0.378. The van der Waals surface area contributed by atoms with Gasteiger partial charge in [-0.05, 0) is 5.54 Å². The van der Waals surface area contributed by atoms with Crippen molar-refractivity contribution in [3.05, 3.63) is 12.1 Å². The van der Waals surface area contributed by atoms with Crippen molar-refractivity contribution < 1.29 is 0 Å². The summed E-state index contributed by atoms with van der Waals surface area (Å²) in [6.45, 7) is 3.13. The van der Waals surface area contributed by atoms with Gasteiger partial charge in [-0.15, -0.1) is 0 Å². The van der Waals surface area contributed by atoms with Crippen LogP contribution in [0.4, 0.5) is 0 Å². The summed E-state index contributed by atoms with van der Waals surface area (Å²) in [5.74, 6) is 0. The first kappa shape index (κ1) is 8.84. The molecule has 0 spiro atoms. The molecule has 0 saturated carbocycles. The maximum atomic E-state index is 4.76. The van der Waals surface area contributed by atoms with E-state index in [0.717, 1.165) is 0 Å². The van der Waals surface area contributed by atoms with E-state index in [4.69, 9.17) is 11.6 Å². The molecule has 0 aromatic rings. The summed E-state index contributed by atoms with van der Waals surface area (Å²) >= 11 is 4.76. The molecule has 0 aromatic heterocycles. The van der Waals surface area contributed by atoms with E-state index in [1.165, 1.54) is 5.54 Å². The Balaban J connectivity index is 0. The molecular formula is C2H5ClMg. The molecule has 2 heteroatoms. The number of hydrogen-bond acceptors (Lipinski definition) is 0. The smallest absolute Gasteiger partial charge is 0.0936 e. The van der Waals surface area contributed by atoms with Gasteiger partial charge in [-0.2, -0.15) is 0 Å². The minimum Gasteiger partial charge on any atom is -0.0936 e. The van der Waals surface area contributed by atoms with Crippen LogP contribution in [-0.4, -0.2) is 23.1 Å². The van der Waals surface area contributed by atoms with E-state index in [2.05, 4.69) is 6.58 Å². The highest BCUT2D eigenvalue weighted by molar-refractivity contribution is 6.25. The van der Waals surface area contributed by atoms with Crippen LogP contribution in [0.5, 0.6) is 0 Å². The molecule has 0 atom stereocenters. The Hall–Kier alpha value is 0.796. The largest absolute Gasteiger partial charge is 0.316 e. The molecule has 0 radical (unpaired) electrons. The fourth-order valence-electron chi connectivity index (χ4n) is 0. The first-order valence-electron chi connectivity index (χ1n) is 0.626. The molecule has 0 aliphatic rings. The van der Waals surface area contributed by atoms with Gasteiger partial charge in [-0.1, -0.05) is 18.2 Å². The molecule has 0 aliphatic heterocycles. The molecule has 4 heavy (non-hydrogen) atoms. The van der Waals surface area contributed by atoms with Gasteiger partial charge in [-0.3, -0.25) is 0 Å². The van der Waals surface area contributed by atoms with Crippen LogP contribution in [0.3, 0.4) is 0 Å². The molecule has 0 aliphatic carbocycles. The van der Waals surface area contributed by atoms with Gasteiger partial charge in [0.2, 0.25) is 0 Å². The van der Waals surface area contributed by atoms with Crippen molar-refractivity contribution >= 4 is 34.7 Å². The Morgan fingerprint density at radius 3 is 1.75 bits per heavy atom. The van der Waals surface area contributed by atoms with Crippen molar-refractivity contribution in [3.8, 4) is 0 Å². The molecule has 0 amide bonds. The van der Waals surface area contributed by atoms with Gasteiger partial charge in [0.25, 0.3) is 0 Å². The predicted molar refractivity (Wildman–Crippen MR) is 24.6 cm³/mol. The Labute approximate surface area is 47.0 Å². The van der Waals surface area contributed by atoms with Crippen LogP contribution >= 0.6 is 11.6 Å². The third-order valence-corrected chi connectivity index (χ3v) is 0. The zero-order valence-corrected chi connectivity index (χ0v) is 2.42. The van der Waals surface area contributed by atoms with E-state index in [9.17, 15) is 0 Å². The van der Waals surface area contributed by atoms with Crippen molar-refractivity contribution in [2.75, 3.05) is 0 Å². The molecule has 0 heterocycles. The molecule has 0 aromatic carbocycles. The van der Waals surface area contributed by atoms with Crippen LogP contribution in [0.1, 0.15) is 0 Å². The number of hydrogen-bond donors (Lipinski definition) is 0. The highest BCUT2D eigenvalue weighted by Crippen LogP contribution is 1.60. The van der Waals surface area contributed by atoms with E-state index in [0.29, 0.717) is 0 Å². The molecule has 0 N–H and O–H groups in total. The molecule has 0 nitrogen and oxygen atoms in total. The molecule has 0 bridgehead atoms. The average molecular weight is 88.8 g/mol. The molecule has 22 valence electrons. The third-order valence-electron chi connectivity index (χ3n) is 0. The van der Waals surface area contributed by atoms with Crippen molar-refractivity contribution in [1.82, 2.24) is 0 Å². The van der Waals surface area contributed by atoms with E-state index in [1.54, 1.807) is 0 Å². The SMILES string of the molecule is C=CCl.[MgH2]. The lowest BCUT2D eigenvalue weighted by atomic mass is 11.3.